The second-order valence-corrected chi connectivity index (χ2v) is 7.54. The van der Waals surface area contributed by atoms with E-state index < -0.39 is 12.0 Å². The lowest BCUT2D eigenvalue weighted by atomic mass is 10.1. The molecule has 0 aliphatic carbocycles. The van der Waals surface area contributed by atoms with Crippen LogP contribution in [0.4, 0.5) is 10.2 Å². The number of rotatable bonds is 7. The first-order chi connectivity index (χ1) is 15.6. The van der Waals surface area contributed by atoms with Crippen LogP contribution in [0, 0.1) is 5.82 Å². The lowest BCUT2D eigenvalue weighted by molar-refractivity contribution is 0.103. The fourth-order valence-corrected chi connectivity index (χ4v) is 3.77. The highest BCUT2D eigenvalue weighted by Gasteiger charge is 2.18. The van der Waals surface area contributed by atoms with E-state index in [1.807, 2.05) is 31.3 Å². The van der Waals surface area contributed by atoms with Crippen LogP contribution in [-0.2, 0) is 6.42 Å². The standard InChI is InChI=1S/C23H22FN7O/c1-2-19(32)31-13-28-20-22(26-8-7-14-11-27-18-6-4-3-5-17(14)18)29-21(30-23(20)31)15-9-16(24)12-25-10-15/h3-6,9-13,19,27,32H,2,7-8H2,1H3,(H,26,29,30). The predicted octanol–water partition coefficient (Wildman–Crippen LogP) is 4.06. The van der Waals surface area contributed by atoms with Gasteiger partial charge in [0.15, 0.2) is 22.8 Å². The molecule has 5 rings (SSSR count). The van der Waals surface area contributed by atoms with Gasteiger partial charge in [-0.25, -0.2) is 19.3 Å². The van der Waals surface area contributed by atoms with Crippen molar-refractivity contribution in [2.75, 3.05) is 11.9 Å². The minimum Gasteiger partial charge on any atom is -0.373 e. The molecule has 0 aliphatic heterocycles. The van der Waals surface area contributed by atoms with Crippen molar-refractivity contribution in [1.29, 1.82) is 0 Å². The summed E-state index contributed by atoms with van der Waals surface area (Å²) in [7, 11) is 0. The molecule has 1 aromatic carbocycles. The maximum atomic E-state index is 13.8. The van der Waals surface area contributed by atoms with E-state index in [9.17, 15) is 9.50 Å². The Morgan fingerprint density at radius 2 is 2.09 bits per heavy atom. The Morgan fingerprint density at radius 1 is 1.22 bits per heavy atom. The van der Waals surface area contributed by atoms with Gasteiger partial charge in [0.2, 0.25) is 0 Å². The number of fused-ring (bicyclic) bond motifs is 2. The zero-order chi connectivity index (χ0) is 22.1. The smallest absolute Gasteiger partial charge is 0.168 e. The summed E-state index contributed by atoms with van der Waals surface area (Å²) in [5.41, 5.74) is 3.76. The molecule has 0 radical (unpaired) electrons. The summed E-state index contributed by atoms with van der Waals surface area (Å²) in [6.45, 7) is 2.48. The molecule has 0 saturated heterocycles. The second-order valence-electron chi connectivity index (χ2n) is 7.54. The average Bonchev–Trinajstić information content (AvgIpc) is 3.43. The molecule has 0 fully saturated rings. The molecule has 0 amide bonds. The maximum absolute atomic E-state index is 13.8. The molecule has 32 heavy (non-hydrogen) atoms. The van der Waals surface area contributed by atoms with Gasteiger partial charge in [-0.1, -0.05) is 25.1 Å². The van der Waals surface area contributed by atoms with E-state index in [1.165, 1.54) is 23.2 Å². The molecule has 1 atom stereocenters. The first-order valence-electron chi connectivity index (χ1n) is 10.5. The Balaban J connectivity index is 1.50. The van der Waals surface area contributed by atoms with Crippen molar-refractivity contribution in [2.45, 2.75) is 26.0 Å². The van der Waals surface area contributed by atoms with Crippen molar-refractivity contribution in [1.82, 2.24) is 29.5 Å². The number of nitrogens with one attached hydrogen (secondary N) is 2. The molecule has 1 unspecified atom stereocenters. The fraction of sp³-hybridized carbons (Fsp3) is 0.217. The quantitative estimate of drug-likeness (QED) is 0.359. The average molecular weight is 431 g/mol. The van der Waals surface area contributed by atoms with Gasteiger partial charge in [-0.3, -0.25) is 9.55 Å². The number of imidazole rings is 1. The number of nitrogens with zero attached hydrogens (tertiary/aromatic N) is 5. The molecule has 4 aromatic heterocycles. The largest absolute Gasteiger partial charge is 0.373 e. The first-order valence-corrected chi connectivity index (χ1v) is 10.5. The number of hydrogen-bond donors (Lipinski definition) is 3. The third kappa shape index (κ3) is 3.67. The molecule has 0 saturated carbocycles. The number of halogens is 1. The van der Waals surface area contributed by atoms with Crippen molar-refractivity contribution in [2.24, 2.45) is 0 Å². The van der Waals surface area contributed by atoms with Crippen LogP contribution in [0.15, 0.2) is 55.2 Å². The van der Waals surface area contributed by atoms with E-state index in [2.05, 4.69) is 36.3 Å². The van der Waals surface area contributed by atoms with Gasteiger partial charge >= 0.3 is 0 Å². The topological polar surface area (TPSA) is 105 Å². The summed E-state index contributed by atoms with van der Waals surface area (Å²) in [6.07, 6.45) is 6.70. The number of anilines is 1. The Hall–Kier alpha value is -3.85. The first kappa shape index (κ1) is 20.1. The van der Waals surface area contributed by atoms with Crippen LogP contribution >= 0.6 is 0 Å². The fourth-order valence-electron chi connectivity index (χ4n) is 3.77. The maximum Gasteiger partial charge on any atom is 0.168 e. The molecule has 9 heteroatoms. The molecule has 8 nitrogen and oxygen atoms in total. The second kappa shape index (κ2) is 8.35. The van der Waals surface area contributed by atoms with Crippen LogP contribution in [0.1, 0.15) is 25.1 Å². The van der Waals surface area contributed by atoms with E-state index in [4.69, 9.17) is 0 Å². The summed E-state index contributed by atoms with van der Waals surface area (Å²) in [6, 6.07) is 9.49. The molecule has 3 N–H and O–H groups in total. The molecule has 0 spiro atoms. The molecule has 4 heterocycles. The van der Waals surface area contributed by atoms with Crippen molar-refractivity contribution < 1.29 is 9.50 Å². The molecule has 5 aromatic rings. The summed E-state index contributed by atoms with van der Waals surface area (Å²) in [5, 5.41) is 14.9. The highest BCUT2D eigenvalue weighted by atomic mass is 19.1. The van der Waals surface area contributed by atoms with E-state index in [-0.39, 0.29) is 0 Å². The van der Waals surface area contributed by atoms with E-state index in [0.29, 0.717) is 41.3 Å². The van der Waals surface area contributed by atoms with Gasteiger partial charge in [0.05, 0.1) is 12.5 Å². The molecule has 162 valence electrons. The zero-order valence-corrected chi connectivity index (χ0v) is 17.5. The van der Waals surface area contributed by atoms with E-state index >= 15 is 0 Å². The summed E-state index contributed by atoms with van der Waals surface area (Å²) in [4.78, 5) is 20.8. The van der Waals surface area contributed by atoms with Crippen LogP contribution in [0.2, 0.25) is 0 Å². The summed E-state index contributed by atoms with van der Waals surface area (Å²) in [5.74, 6) is 0.363. The lowest BCUT2D eigenvalue weighted by Gasteiger charge is -2.12. The number of pyridine rings is 1. The predicted molar refractivity (Wildman–Crippen MR) is 121 cm³/mol. The van der Waals surface area contributed by atoms with Crippen molar-refractivity contribution in [3.05, 3.63) is 66.6 Å². The Bertz CT molecular complexity index is 1390. The normalized spacial score (nSPS) is 12.5. The number of aromatic amines is 1. The van der Waals surface area contributed by atoms with Crippen LogP contribution in [-0.4, -0.2) is 41.1 Å². The minimum atomic E-state index is -0.771. The number of para-hydroxylation sites is 1. The summed E-state index contributed by atoms with van der Waals surface area (Å²) >= 11 is 0. The zero-order valence-electron chi connectivity index (χ0n) is 17.5. The summed E-state index contributed by atoms with van der Waals surface area (Å²) < 4.78 is 15.4. The van der Waals surface area contributed by atoms with Crippen LogP contribution in [0.5, 0.6) is 0 Å². The highest BCUT2D eigenvalue weighted by molar-refractivity contribution is 5.85. The molecule has 0 aliphatic rings. The Labute approximate surface area is 183 Å². The van der Waals surface area contributed by atoms with E-state index in [1.54, 1.807) is 10.9 Å². The molecular formula is C23H22FN7O. The monoisotopic (exact) mass is 431 g/mol. The number of hydrogen-bond acceptors (Lipinski definition) is 6. The minimum absolute atomic E-state index is 0.309. The van der Waals surface area contributed by atoms with Crippen molar-refractivity contribution >= 4 is 27.9 Å². The Kier molecular flexibility index (Phi) is 5.24. The van der Waals surface area contributed by atoms with Crippen LogP contribution in [0.3, 0.4) is 0 Å². The number of benzene rings is 1. The molecule has 0 bridgehead atoms. The van der Waals surface area contributed by atoms with Gasteiger partial charge < -0.3 is 15.4 Å². The Morgan fingerprint density at radius 3 is 2.94 bits per heavy atom. The van der Waals surface area contributed by atoms with Crippen LogP contribution in [0.25, 0.3) is 33.5 Å². The van der Waals surface area contributed by atoms with Gasteiger partial charge in [-0.2, -0.15) is 0 Å². The SMILES string of the molecule is CCC(O)n1cnc2c(NCCc3c[nH]c4ccccc34)nc(-c3cncc(F)c3)nc21. The lowest BCUT2D eigenvalue weighted by Crippen LogP contribution is -2.10. The number of aromatic nitrogens is 6. The molecular weight excluding hydrogens is 409 g/mol. The number of H-pyrrole nitrogens is 1. The van der Waals surface area contributed by atoms with Gasteiger partial charge in [-0.05, 0) is 30.5 Å². The van der Waals surface area contributed by atoms with Crippen molar-refractivity contribution in [3.63, 3.8) is 0 Å². The highest BCUT2D eigenvalue weighted by Crippen LogP contribution is 2.26. The van der Waals surface area contributed by atoms with E-state index in [0.717, 1.165) is 18.1 Å². The van der Waals surface area contributed by atoms with Gasteiger partial charge in [-0.15, -0.1) is 0 Å². The number of aliphatic hydroxyl groups excluding tert-OH is 1. The number of aliphatic hydroxyl groups is 1. The third-order valence-corrected chi connectivity index (χ3v) is 5.43. The van der Waals surface area contributed by atoms with Crippen molar-refractivity contribution in [3.8, 4) is 11.4 Å². The third-order valence-electron chi connectivity index (χ3n) is 5.43. The van der Waals surface area contributed by atoms with Gasteiger partial charge in [0.25, 0.3) is 0 Å². The van der Waals surface area contributed by atoms with Gasteiger partial charge in [0, 0.05) is 35.4 Å². The van der Waals surface area contributed by atoms with Crippen LogP contribution < -0.4 is 5.32 Å². The van der Waals surface area contributed by atoms with Gasteiger partial charge in [0.1, 0.15) is 12.0 Å².